The molecule has 2 amide bonds. The van der Waals surface area contributed by atoms with Gasteiger partial charge in [-0.3, -0.25) is 9.59 Å². The first-order chi connectivity index (χ1) is 12.5. The minimum Gasteiger partial charge on any atom is -0.490 e. The number of nitrogens with one attached hydrogen (secondary N) is 1. The molecule has 0 unspecified atom stereocenters. The number of rotatable bonds is 8. The number of amides is 2. The number of likely N-dealkylation sites (N-methyl/N-ethyl adjacent to an activating group) is 1. The molecule has 6 heteroatoms. The van der Waals surface area contributed by atoms with Gasteiger partial charge in [0.25, 0.3) is 5.91 Å². The Morgan fingerprint density at radius 3 is 2.54 bits per heavy atom. The molecule has 0 aliphatic heterocycles. The van der Waals surface area contributed by atoms with Crippen molar-refractivity contribution in [1.82, 2.24) is 10.2 Å². The highest BCUT2D eigenvalue weighted by Crippen LogP contribution is 2.13. The lowest BCUT2D eigenvalue weighted by atomic mass is 10.2. The third-order valence-corrected chi connectivity index (χ3v) is 3.66. The van der Waals surface area contributed by atoms with E-state index in [0.29, 0.717) is 13.2 Å². The number of ether oxygens (including phenoxy) is 1. The van der Waals surface area contributed by atoms with Crippen LogP contribution < -0.4 is 10.1 Å². The average Bonchev–Trinajstić information content (AvgIpc) is 2.65. The highest BCUT2D eigenvalue weighted by Gasteiger charge is 2.14. The second-order valence-electron chi connectivity index (χ2n) is 5.66. The normalized spacial score (nSPS) is 10.1. The van der Waals surface area contributed by atoms with Gasteiger partial charge >= 0.3 is 0 Å². The molecule has 0 spiro atoms. The van der Waals surface area contributed by atoms with Gasteiger partial charge in [0, 0.05) is 13.6 Å². The van der Waals surface area contributed by atoms with Crippen LogP contribution in [-0.4, -0.2) is 36.9 Å². The Labute approximate surface area is 152 Å². The van der Waals surface area contributed by atoms with Crippen LogP contribution >= 0.6 is 0 Å². The number of carbonyl (C=O) groups excluding carboxylic acids is 2. The van der Waals surface area contributed by atoms with Crippen molar-refractivity contribution in [3.63, 3.8) is 0 Å². The van der Waals surface area contributed by atoms with E-state index in [2.05, 4.69) is 11.9 Å². The first kappa shape index (κ1) is 19.2. The predicted molar refractivity (Wildman–Crippen MR) is 97.3 cm³/mol. The van der Waals surface area contributed by atoms with E-state index in [1.54, 1.807) is 19.2 Å². The SMILES string of the molecule is C=CCOc1ccc(CN(C)C(=O)CNC(=O)c2ccccc2F)cc1. The quantitative estimate of drug-likeness (QED) is 0.740. The second kappa shape index (κ2) is 9.36. The summed E-state index contributed by atoms with van der Waals surface area (Å²) in [6.45, 7) is 4.20. The number of hydrogen-bond acceptors (Lipinski definition) is 3. The number of nitrogens with zero attached hydrogens (tertiary/aromatic N) is 1. The summed E-state index contributed by atoms with van der Waals surface area (Å²) >= 11 is 0. The smallest absolute Gasteiger partial charge is 0.254 e. The lowest BCUT2D eigenvalue weighted by molar-refractivity contribution is -0.129. The maximum absolute atomic E-state index is 13.5. The standard InChI is InChI=1S/C20H21FN2O3/c1-3-12-26-16-10-8-15(9-11-16)14-23(2)19(24)13-22-20(25)17-6-4-5-7-18(17)21/h3-11H,1,12-14H2,2H3,(H,22,25). The van der Waals surface area contributed by atoms with Crippen LogP contribution in [0.2, 0.25) is 0 Å². The number of benzene rings is 2. The summed E-state index contributed by atoms with van der Waals surface area (Å²) < 4.78 is 19.0. The van der Waals surface area contributed by atoms with E-state index in [-0.39, 0.29) is 18.0 Å². The molecule has 26 heavy (non-hydrogen) atoms. The van der Waals surface area contributed by atoms with E-state index >= 15 is 0 Å². The Hall–Kier alpha value is -3.15. The van der Waals surface area contributed by atoms with Gasteiger partial charge in [0.1, 0.15) is 18.2 Å². The summed E-state index contributed by atoms with van der Waals surface area (Å²) in [6, 6.07) is 13.0. The van der Waals surface area contributed by atoms with Crippen molar-refractivity contribution in [2.45, 2.75) is 6.54 Å². The zero-order valence-corrected chi connectivity index (χ0v) is 14.6. The van der Waals surface area contributed by atoms with Crippen LogP contribution in [0.1, 0.15) is 15.9 Å². The fourth-order valence-corrected chi connectivity index (χ4v) is 2.24. The van der Waals surface area contributed by atoms with Gasteiger partial charge in [-0.05, 0) is 29.8 Å². The topological polar surface area (TPSA) is 58.6 Å². The number of halogens is 1. The lowest BCUT2D eigenvalue weighted by Crippen LogP contribution is -2.38. The van der Waals surface area contributed by atoms with Crippen molar-refractivity contribution < 1.29 is 18.7 Å². The zero-order chi connectivity index (χ0) is 18.9. The van der Waals surface area contributed by atoms with Crippen LogP contribution in [0.3, 0.4) is 0 Å². The molecule has 0 aromatic heterocycles. The Balaban J connectivity index is 1.84. The molecule has 0 atom stereocenters. The minimum atomic E-state index is -0.621. The van der Waals surface area contributed by atoms with Gasteiger partial charge in [0.05, 0.1) is 12.1 Å². The first-order valence-electron chi connectivity index (χ1n) is 8.10. The summed E-state index contributed by atoms with van der Waals surface area (Å²) in [5.41, 5.74) is 0.838. The molecule has 0 saturated heterocycles. The van der Waals surface area contributed by atoms with Gasteiger partial charge in [0.2, 0.25) is 5.91 Å². The lowest BCUT2D eigenvalue weighted by Gasteiger charge is -2.18. The summed E-state index contributed by atoms with van der Waals surface area (Å²) in [7, 11) is 1.64. The predicted octanol–water partition coefficient (Wildman–Crippen LogP) is 2.78. The molecule has 0 fully saturated rings. The van der Waals surface area contributed by atoms with Crippen LogP contribution in [0, 0.1) is 5.82 Å². The molecule has 0 radical (unpaired) electrons. The van der Waals surface area contributed by atoms with E-state index < -0.39 is 11.7 Å². The van der Waals surface area contributed by atoms with Gasteiger partial charge in [-0.1, -0.05) is 36.9 Å². The molecule has 0 aliphatic rings. The van der Waals surface area contributed by atoms with Gasteiger partial charge in [-0.2, -0.15) is 0 Å². The van der Waals surface area contributed by atoms with Crippen LogP contribution in [0.5, 0.6) is 5.75 Å². The molecule has 0 aliphatic carbocycles. The van der Waals surface area contributed by atoms with Crippen LogP contribution in [0.25, 0.3) is 0 Å². The number of carbonyl (C=O) groups is 2. The molecule has 5 nitrogen and oxygen atoms in total. The molecule has 1 N–H and O–H groups in total. The fourth-order valence-electron chi connectivity index (χ4n) is 2.24. The van der Waals surface area contributed by atoms with E-state index in [1.807, 2.05) is 24.3 Å². The third kappa shape index (κ3) is 5.44. The molecular formula is C20H21FN2O3. The maximum Gasteiger partial charge on any atom is 0.254 e. The van der Waals surface area contributed by atoms with Crippen LogP contribution in [0.15, 0.2) is 61.2 Å². The molecular weight excluding hydrogens is 335 g/mol. The molecule has 0 bridgehead atoms. The highest BCUT2D eigenvalue weighted by atomic mass is 19.1. The van der Waals surface area contributed by atoms with Gasteiger partial charge in [0.15, 0.2) is 0 Å². The molecule has 2 aromatic rings. The van der Waals surface area contributed by atoms with Crippen molar-refractivity contribution in [3.05, 3.63) is 78.1 Å². The van der Waals surface area contributed by atoms with Gasteiger partial charge < -0.3 is 15.0 Å². The summed E-state index contributed by atoms with van der Waals surface area (Å²) in [4.78, 5) is 25.6. The van der Waals surface area contributed by atoms with Crippen molar-refractivity contribution in [2.24, 2.45) is 0 Å². The van der Waals surface area contributed by atoms with Gasteiger partial charge in [-0.15, -0.1) is 0 Å². The van der Waals surface area contributed by atoms with E-state index in [1.165, 1.54) is 23.1 Å². The molecule has 2 rings (SSSR count). The Kier molecular flexibility index (Phi) is 6.91. The first-order valence-corrected chi connectivity index (χ1v) is 8.10. The summed E-state index contributed by atoms with van der Waals surface area (Å²) in [6.07, 6.45) is 1.66. The van der Waals surface area contributed by atoms with Crippen LogP contribution in [0.4, 0.5) is 4.39 Å². The molecule has 2 aromatic carbocycles. The highest BCUT2D eigenvalue weighted by molar-refractivity contribution is 5.96. The molecule has 0 saturated carbocycles. The third-order valence-electron chi connectivity index (χ3n) is 3.66. The summed E-state index contributed by atoms with van der Waals surface area (Å²) in [5.74, 6) is -0.792. The van der Waals surface area contributed by atoms with Crippen molar-refractivity contribution in [1.29, 1.82) is 0 Å². The maximum atomic E-state index is 13.5. The minimum absolute atomic E-state index is 0.0851. The average molecular weight is 356 g/mol. The van der Waals surface area contributed by atoms with E-state index in [0.717, 1.165) is 11.3 Å². The van der Waals surface area contributed by atoms with Gasteiger partial charge in [-0.25, -0.2) is 4.39 Å². The van der Waals surface area contributed by atoms with Crippen molar-refractivity contribution in [2.75, 3.05) is 20.2 Å². The Morgan fingerprint density at radius 2 is 1.88 bits per heavy atom. The Bertz CT molecular complexity index is 775. The van der Waals surface area contributed by atoms with Crippen molar-refractivity contribution >= 4 is 11.8 Å². The summed E-state index contributed by atoms with van der Waals surface area (Å²) in [5, 5.41) is 2.44. The molecule has 0 heterocycles. The largest absolute Gasteiger partial charge is 0.490 e. The zero-order valence-electron chi connectivity index (χ0n) is 14.6. The van der Waals surface area contributed by atoms with E-state index in [9.17, 15) is 14.0 Å². The Morgan fingerprint density at radius 1 is 1.19 bits per heavy atom. The van der Waals surface area contributed by atoms with E-state index in [4.69, 9.17) is 4.74 Å². The van der Waals surface area contributed by atoms with Crippen molar-refractivity contribution in [3.8, 4) is 5.75 Å². The fraction of sp³-hybridized carbons (Fsp3) is 0.200. The van der Waals surface area contributed by atoms with Crippen LogP contribution in [-0.2, 0) is 11.3 Å². The number of hydrogen-bond donors (Lipinski definition) is 1. The monoisotopic (exact) mass is 356 g/mol. The molecule has 136 valence electrons. The second-order valence-corrected chi connectivity index (χ2v) is 5.66.